The normalized spacial score (nSPS) is 16.8. The Morgan fingerprint density at radius 3 is 2.60 bits per heavy atom. The number of likely N-dealkylation sites (tertiary alicyclic amines) is 1. The van der Waals surface area contributed by atoms with E-state index in [0.717, 1.165) is 16.5 Å². The predicted octanol–water partition coefficient (Wildman–Crippen LogP) is 1.87. The molecule has 1 amide bonds. The van der Waals surface area contributed by atoms with Crippen molar-refractivity contribution in [1.82, 2.24) is 9.47 Å². The van der Waals surface area contributed by atoms with E-state index in [4.69, 9.17) is 4.74 Å². The highest BCUT2D eigenvalue weighted by atomic mass is 16.5. The largest absolute Gasteiger partial charge is 0.464 e. The topological polar surface area (TPSA) is 71.8 Å². The molecule has 0 radical (unpaired) electrons. The fraction of sp³-hybridized carbons (Fsp3) is 0.474. The van der Waals surface area contributed by atoms with Crippen LogP contribution in [-0.4, -0.2) is 51.7 Å². The number of carbonyl (C=O) groups is 2. The first kappa shape index (κ1) is 17.5. The van der Waals surface area contributed by atoms with E-state index in [-0.39, 0.29) is 31.9 Å². The minimum atomic E-state index is -1.47. The molecule has 1 saturated heterocycles. The molecule has 3 rings (SSSR count). The van der Waals surface area contributed by atoms with Gasteiger partial charge in [-0.3, -0.25) is 4.79 Å². The molecule has 134 valence electrons. The SMILES string of the molecule is CCOC(=O)C1(O)CCN(C(=O)Cn2cc(C)c3ccccc32)CC1. The quantitative estimate of drug-likeness (QED) is 0.860. The minimum absolute atomic E-state index is 0.00772. The van der Waals surface area contributed by atoms with Crippen molar-refractivity contribution in [2.75, 3.05) is 19.7 Å². The van der Waals surface area contributed by atoms with Crippen LogP contribution in [0.5, 0.6) is 0 Å². The Morgan fingerprint density at radius 1 is 1.24 bits per heavy atom. The van der Waals surface area contributed by atoms with Gasteiger partial charge in [-0.2, -0.15) is 0 Å². The van der Waals surface area contributed by atoms with Crippen molar-refractivity contribution in [1.29, 1.82) is 0 Å². The highest BCUT2D eigenvalue weighted by Crippen LogP contribution is 2.25. The zero-order valence-corrected chi connectivity index (χ0v) is 14.7. The molecule has 0 saturated carbocycles. The van der Waals surface area contributed by atoms with Gasteiger partial charge in [-0.05, 0) is 25.5 Å². The van der Waals surface area contributed by atoms with Gasteiger partial charge < -0.3 is 19.3 Å². The number of rotatable bonds is 4. The van der Waals surface area contributed by atoms with E-state index in [2.05, 4.69) is 0 Å². The summed E-state index contributed by atoms with van der Waals surface area (Å²) in [5.41, 5.74) is 0.705. The van der Waals surface area contributed by atoms with Crippen LogP contribution >= 0.6 is 0 Å². The third-order valence-corrected chi connectivity index (χ3v) is 4.89. The molecule has 0 atom stereocenters. The number of esters is 1. The molecule has 1 aliphatic heterocycles. The van der Waals surface area contributed by atoms with E-state index >= 15 is 0 Å². The van der Waals surface area contributed by atoms with E-state index in [1.54, 1.807) is 11.8 Å². The Hall–Kier alpha value is -2.34. The predicted molar refractivity (Wildman–Crippen MR) is 94.1 cm³/mol. The maximum atomic E-state index is 12.6. The van der Waals surface area contributed by atoms with Crippen LogP contribution in [0.25, 0.3) is 10.9 Å². The van der Waals surface area contributed by atoms with Gasteiger partial charge in [-0.15, -0.1) is 0 Å². The number of piperidine rings is 1. The lowest BCUT2D eigenvalue weighted by molar-refractivity contribution is -0.171. The maximum Gasteiger partial charge on any atom is 0.338 e. The van der Waals surface area contributed by atoms with E-state index in [0.29, 0.717) is 13.1 Å². The molecule has 1 aliphatic rings. The molecule has 1 N–H and O–H groups in total. The minimum Gasteiger partial charge on any atom is -0.464 e. The number of fused-ring (bicyclic) bond motifs is 1. The summed E-state index contributed by atoms with van der Waals surface area (Å²) in [5, 5.41) is 11.5. The number of aliphatic hydroxyl groups is 1. The van der Waals surface area contributed by atoms with Crippen molar-refractivity contribution in [2.24, 2.45) is 0 Å². The van der Waals surface area contributed by atoms with Crippen LogP contribution in [0.15, 0.2) is 30.5 Å². The summed E-state index contributed by atoms with van der Waals surface area (Å²) in [6.07, 6.45) is 2.41. The van der Waals surface area contributed by atoms with Gasteiger partial charge >= 0.3 is 5.97 Å². The summed E-state index contributed by atoms with van der Waals surface area (Å²) < 4.78 is 6.89. The van der Waals surface area contributed by atoms with Gasteiger partial charge in [-0.1, -0.05) is 18.2 Å². The smallest absolute Gasteiger partial charge is 0.338 e. The lowest BCUT2D eigenvalue weighted by Gasteiger charge is -2.36. The summed E-state index contributed by atoms with van der Waals surface area (Å²) in [5.74, 6) is -0.596. The Labute approximate surface area is 147 Å². The first-order valence-electron chi connectivity index (χ1n) is 8.66. The number of amides is 1. The summed E-state index contributed by atoms with van der Waals surface area (Å²) in [6, 6.07) is 8.00. The van der Waals surface area contributed by atoms with Gasteiger partial charge in [0, 0.05) is 43.0 Å². The number of aryl methyl sites for hydroxylation is 1. The number of aromatic nitrogens is 1. The second-order valence-electron chi connectivity index (χ2n) is 6.59. The summed E-state index contributed by atoms with van der Waals surface area (Å²) in [7, 11) is 0. The van der Waals surface area contributed by atoms with Gasteiger partial charge in [0.2, 0.25) is 5.91 Å². The standard InChI is InChI=1S/C19H24N2O4/c1-3-25-18(23)19(24)8-10-20(11-9-19)17(22)13-21-12-14(2)15-6-4-5-7-16(15)21/h4-7,12,24H,3,8-11,13H2,1-2H3. The average Bonchev–Trinajstić information content (AvgIpc) is 2.92. The number of para-hydroxylation sites is 1. The van der Waals surface area contributed by atoms with E-state index < -0.39 is 11.6 Å². The van der Waals surface area contributed by atoms with Crippen molar-refractivity contribution >= 4 is 22.8 Å². The van der Waals surface area contributed by atoms with Gasteiger partial charge in [0.1, 0.15) is 6.54 Å². The Morgan fingerprint density at radius 2 is 1.92 bits per heavy atom. The molecule has 2 heterocycles. The Kier molecular flexibility index (Phi) is 4.81. The van der Waals surface area contributed by atoms with Crippen LogP contribution in [-0.2, 0) is 20.9 Å². The second kappa shape index (κ2) is 6.88. The molecule has 0 unspecified atom stereocenters. The maximum absolute atomic E-state index is 12.6. The summed E-state index contributed by atoms with van der Waals surface area (Å²) in [4.78, 5) is 26.2. The molecule has 1 aromatic heterocycles. The second-order valence-corrected chi connectivity index (χ2v) is 6.59. The number of hydrogen-bond donors (Lipinski definition) is 1. The van der Waals surface area contributed by atoms with Crippen molar-refractivity contribution in [3.8, 4) is 0 Å². The first-order chi connectivity index (χ1) is 11.9. The van der Waals surface area contributed by atoms with E-state index in [9.17, 15) is 14.7 Å². The van der Waals surface area contributed by atoms with Crippen LogP contribution in [0, 0.1) is 6.92 Å². The van der Waals surface area contributed by atoms with Crippen LogP contribution in [0.1, 0.15) is 25.3 Å². The number of ether oxygens (including phenoxy) is 1. The molecular formula is C19H24N2O4. The third-order valence-electron chi connectivity index (χ3n) is 4.89. The summed E-state index contributed by atoms with van der Waals surface area (Å²) >= 11 is 0. The molecular weight excluding hydrogens is 320 g/mol. The fourth-order valence-electron chi connectivity index (χ4n) is 3.40. The van der Waals surface area contributed by atoms with Crippen molar-refractivity contribution in [3.63, 3.8) is 0 Å². The molecule has 0 bridgehead atoms. The Balaban J connectivity index is 1.66. The van der Waals surface area contributed by atoms with Crippen LogP contribution in [0.4, 0.5) is 0 Å². The van der Waals surface area contributed by atoms with Crippen molar-refractivity contribution in [3.05, 3.63) is 36.0 Å². The van der Waals surface area contributed by atoms with Gasteiger partial charge in [0.25, 0.3) is 0 Å². The zero-order valence-electron chi connectivity index (χ0n) is 14.7. The fourth-order valence-corrected chi connectivity index (χ4v) is 3.40. The lowest BCUT2D eigenvalue weighted by Crippen LogP contribution is -2.52. The average molecular weight is 344 g/mol. The zero-order chi connectivity index (χ0) is 18.0. The molecule has 0 aliphatic carbocycles. The van der Waals surface area contributed by atoms with Gasteiger partial charge in [0.05, 0.1) is 6.61 Å². The van der Waals surface area contributed by atoms with Crippen LogP contribution in [0.2, 0.25) is 0 Å². The molecule has 1 aromatic carbocycles. The van der Waals surface area contributed by atoms with E-state index in [1.807, 2.05) is 42.0 Å². The van der Waals surface area contributed by atoms with Gasteiger partial charge in [-0.25, -0.2) is 4.79 Å². The van der Waals surface area contributed by atoms with Crippen molar-refractivity contribution < 1.29 is 19.4 Å². The molecule has 2 aromatic rings. The highest BCUT2D eigenvalue weighted by Gasteiger charge is 2.41. The van der Waals surface area contributed by atoms with Crippen molar-refractivity contribution in [2.45, 2.75) is 38.8 Å². The number of benzene rings is 1. The summed E-state index contributed by atoms with van der Waals surface area (Å²) in [6.45, 7) is 4.95. The molecule has 6 heteroatoms. The lowest BCUT2D eigenvalue weighted by atomic mass is 9.91. The molecule has 6 nitrogen and oxygen atoms in total. The number of hydrogen-bond acceptors (Lipinski definition) is 4. The monoisotopic (exact) mass is 344 g/mol. The Bertz CT molecular complexity index is 788. The molecule has 1 fully saturated rings. The number of nitrogens with zero attached hydrogens (tertiary/aromatic N) is 2. The van der Waals surface area contributed by atoms with Gasteiger partial charge in [0.15, 0.2) is 5.60 Å². The van der Waals surface area contributed by atoms with Crippen LogP contribution < -0.4 is 0 Å². The molecule has 25 heavy (non-hydrogen) atoms. The van der Waals surface area contributed by atoms with E-state index in [1.165, 1.54) is 0 Å². The first-order valence-corrected chi connectivity index (χ1v) is 8.66. The van der Waals surface area contributed by atoms with Crippen LogP contribution in [0.3, 0.4) is 0 Å². The molecule has 0 spiro atoms. The third kappa shape index (κ3) is 3.39. The highest BCUT2D eigenvalue weighted by molar-refractivity contribution is 5.86. The number of carbonyl (C=O) groups excluding carboxylic acids is 2.